The summed E-state index contributed by atoms with van der Waals surface area (Å²) in [6, 6.07) is 0. The molecule has 166 valence electrons. The van der Waals surface area contributed by atoms with Gasteiger partial charge in [0.15, 0.2) is 0 Å². The van der Waals surface area contributed by atoms with Gasteiger partial charge in [0.05, 0.1) is 23.4 Å². The molecule has 3 nitrogen and oxygen atoms in total. The Morgan fingerprint density at radius 3 is 2.48 bits per heavy atom. The topological polar surface area (TPSA) is 49.7 Å². The lowest BCUT2D eigenvalue weighted by Crippen LogP contribution is -2.71. The smallest absolute Gasteiger partial charge is 0.0776 e. The van der Waals surface area contributed by atoms with Crippen LogP contribution >= 0.6 is 0 Å². The molecule has 0 aromatic carbocycles. The van der Waals surface area contributed by atoms with Gasteiger partial charge in [0.1, 0.15) is 0 Å². The fourth-order valence-electron chi connectivity index (χ4n) is 9.49. The van der Waals surface area contributed by atoms with Gasteiger partial charge in [-0.25, -0.2) is 0 Å². The third-order valence-corrected chi connectivity index (χ3v) is 10.8. The third kappa shape index (κ3) is 2.93. The minimum atomic E-state index is -0.231. The molecule has 1 aliphatic heterocycles. The first-order chi connectivity index (χ1) is 13.8. The van der Waals surface area contributed by atoms with Gasteiger partial charge in [-0.2, -0.15) is 0 Å². The Morgan fingerprint density at radius 1 is 0.862 bits per heavy atom. The highest BCUT2D eigenvalue weighted by Gasteiger charge is 2.72. The number of hydrogen-bond donors (Lipinski definition) is 2. The molecule has 5 fully saturated rings. The normalized spacial score (nSPS) is 56.0. The zero-order chi connectivity index (χ0) is 20.4. The molecule has 10 unspecified atom stereocenters. The molecule has 29 heavy (non-hydrogen) atoms. The summed E-state index contributed by atoms with van der Waals surface area (Å²) in [6.07, 6.45) is 15.1. The van der Waals surface area contributed by atoms with Crippen molar-refractivity contribution in [3.63, 3.8) is 0 Å². The lowest BCUT2D eigenvalue weighted by molar-refractivity contribution is -0.346. The van der Waals surface area contributed by atoms with Crippen LogP contribution < -0.4 is 0 Å². The van der Waals surface area contributed by atoms with Crippen molar-refractivity contribution in [2.24, 2.45) is 35.0 Å². The van der Waals surface area contributed by atoms with Crippen LogP contribution in [0.1, 0.15) is 104 Å². The number of fused-ring (bicyclic) bond motifs is 4. The molecule has 1 heterocycles. The number of hydrogen-bond acceptors (Lipinski definition) is 3. The summed E-state index contributed by atoms with van der Waals surface area (Å²) in [5, 5.41) is 21.4. The molecule has 1 spiro atoms. The highest BCUT2D eigenvalue weighted by molar-refractivity contribution is 5.21. The molecule has 0 amide bonds. The maximum atomic E-state index is 11.1. The Kier molecular flexibility index (Phi) is 5.16. The molecule has 10 atom stereocenters. The maximum absolute atomic E-state index is 11.1. The Labute approximate surface area is 178 Å². The van der Waals surface area contributed by atoms with Gasteiger partial charge in [-0.15, -0.1) is 0 Å². The van der Waals surface area contributed by atoms with Crippen molar-refractivity contribution >= 4 is 0 Å². The minimum absolute atomic E-state index is 0.115. The third-order valence-electron chi connectivity index (χ3n) is 10.8. The fraction of sp³-hybridized carbons (Fsp3) is 1.00. The molecular formula is C26H44O3. The summed E-state index contributed by atoms with van der Waals surface area (Å²) in [6.45, 7) is 7.14. The molecule has 5 rings (SSSR count). The summed E-state index contributed by atoms with van der Waals surface area (Å²) in [4.78, 5) is 0. The van der Waals surface area contributed by atoms with Gasteiger partial charge in [-0.1, -0.05) is 39.5 Å². The summed E-state index contributed by atoms with van der Waals surface area (Å²) >= 11 is 0. The first-order valence-corrected chi connectivity index (χ1v) is 12.9. The van der Waals surface area contributed by atoms with E-state index >= 15 is 0 Å². The maximum Gasteiger partial charge on any atom is 0.0776 e. The quantitative estimate of drug-likeness (QED) is 0.598. The van der Waals surface area contributed by atoms with Gasteiger partial charge < -0.3 is 14.9 Å². The molecule has 4 saturated carbocycles. The van der Waals surface area contributed by atoms with Gasteiger partial charge in [-0.3, -0.25) is 0 Å². The number of unbranched alkanes of at least 4 members (excludes halogenated alkanes) is 3. The van der Waals surface area contributed by atoms with E-state index in [-0.39, 0.29) is 28.8 Å². The van der Waals surface area contributed by atoms with Crippen molar-refractivity contribution in [2.45, 2.75) is 128 Å². The second-order valence-corrected chi connectivity index (χ2v) is 12.1. The largest absolute Gasteiger partial charge is 0.393 e. The monoisotopic (exact) mass is 404 g/mol. The van der Waals surface area contributed by atoms with E-state index < -0.39 is 0 Å². The molecule has 0 aromatic heterocycles. The van der Waals surface area contributed by atoms with Crippen molar-refractivity contribution < 1.29 is 14.9 Å². The van der Waals surface area contributed by atoms with E-state index in [1.165, 1.54) is 57.8 Å². The first-order valence-electron chi connectivity index (χ1n) is 12.9. The standard InChI is InChI=1S/C26H44O3/c1-4-5-6-7-12-25(3)23-9-8-20-18-16-22(28)21-15-17(27)10-13-24(21,2)19(18)11-14-26(20,23)29-25/h17-23,27-28H,4-16H2,1-3H3. The zero-order valence-corrected chi connectivity index (χ0v) is 19.0. The van der Waals surface area contributed by atoms with E-state index in [0.717, 1.165) is 37.5 Å². The number of rotatable bonds is 5. The van der Waals surface area contributed by atoms with Crippen LogP contribution in [0.3, 0.4) is 0 Å². The van der Waals surface area contributed by atoms with Gasteiger partial charge in [0.2, 0.25) is 0 Å². The second kappa shape index (κ2) is 7.20. The van der Waals surface area contributed by atoms with Crippen LogP contribution in [0.4, 0.5) is 0 Å². The molecule has 3 heteroatoms. The molecule has 5 aliphatic rings. The number of ether oxygens (including phenoxy) is 1. The van der Waals surface area contributed by atoms with Crippen LogP contribution in [0.2, 0.25) is 0 Å². The molecular weight excluding hydrogens is 360 g/mol. The Hall–Kier alpha value is -0.120. The fourth-order valence-corrected chi connectivity index (χ4v) is 9.49. The highest BCUT2D eigenvalue weighted by atomic mass is 16.6. The average Bonchev–Trinajstić information content (AvgIpc) is 3.01. The summed E-state index contributed by atoms with van der Waals surface area (Å²) < 4.78 is 6.97. The van der Waals surface area contributed by atoms with Crippen molar-refractivity contribution in [3.8, 4) is 0 Å². The van der Waals surface area contributed by atoms with E-state index in [1.807, 2.05) is 0 Å². The second-order valence-electron chi connectivity index (χ2n) is 12.1. The summed E-state index contributed by atoms with van der Waals surface area (Å²) in [7, 11) is 0. The molecule has 0 radical (unpaired) electrons. The van der Waals surface area contributed by atoms with Crippen LogP contribution in [0, 0.1) is 35.0 Å². The SMILES string of the molecule is CCCCCCC1(C)OC23CCC4C(CC(O)C5CC(O)CCC54C)C2CCC13. The molecule has 0 aromatic rings. The van der Waals surface area contributed by atoms with Gasteiger partial charge in [0, 0.05) is 5.92 Å². The van der Waals surface area contributed by atoms with E-state index in [9.17, 15) is 10.2 Å². The van der Waals surface area contributed by atoms with Gasteiger partial charge >= 0.3 is 0 Å². The lowest BCUT2D eigenvalue weighted by atomic mass is 9.44. The van der Waals surface area contributed by atoms with Crippen LogP contribution in [-0.4, -0.2) is 33.6 Å². The van der Waals surface area contributed by atoms with Crippen molar-refractivity contribution in [1.29, 1.82) is 0 Å². The van der Waals surface area contributed by atoms with Crippen molar-refractivity contribution in [1.82, 2.24) is 0 Å². The van der Waals surface area contributed by atoms with Crippen LogP contribution in [-0.2, 0) is 4.74 Å². The molecule has 4 aliphatic carbocycles. The Bertz CT molecular complexity index is 621. The molecule has 0 bridgehead atoms. The van der Waals surface area contributed by atoms with Crippen LogP contribution in [0.5, 0.6) is 0 Å². The van der Waals surface area contributed by atoms with E-state index in [0.29, 0.717) is 17.8 Å². The zero-order valence-electron chi connectivity index (χ0n) is 19.0. The first kappa shape index (κ1) is 20.8. The van der Waals surface area contributed by atoms with E-state index in [4.69, 9.17) is 4.74 Å². The number of aliphatic hydroxyl groups excluding tert-OH is 2. The summed E-state index contributed by atoms with van der Waals surface area (Å²) in [5.41, 5.74) is 0.468. The number of aliphatic hydroxyl groups is 2. The highest BCUT2D eigenvalue weighted by Crippen LogP contribution is 2.71. The minimum Gasteiger partial charge on any atom is -0.393 e. The summed E-state index contributed by atoms with van der Waals surface area (Å²) in [5.74, 6) is 3.06. The predicted octanol–water partition coefficient (Wildman–Crippen LogP) is 5.47. The van der Waals surface area contributed by atoms with Crippen molar-refractivity contribution in [2.75, 3.05) is 0 Å². The van der Waals surface area contributed by atoms with Gasteiger partial charge in [-0.05, 0) is 93.8 Å². The van der Waals surface area contributed by atoms with Crippen LogP contribution in [0.15, 0.2) is 0 Å². The average molecular weight is 405 g/mol. The van der Waals surface area contributed by atoms with Gasteiger partial charge in [0.25, 0.3) is 0 Å². The van der Waals surface area contributed by atoms with E-state index in [1.54, 1.807) is 0 Å². The van der Waals surface area contributed by atoms with Crippen molar-refractivity contribution in [3.05, 3.63) is 0 Å². The van der Waals surface area contributed by atoms with E-state index in [2.05, 4.69) is 20.8 Å². The Balaban J connectivity index is 1.32. The lowest BCUT2D eigenvalue weighted by Gasteiger charge is -2.68. The predicted molar refractivity (Wildman–Crippen MR) is 115 cm³/mol. The molecule has 2 N–H and O–H groups in total. The van der Waals surface area contributed by atoms with Crippen LogP contribution in [0.25, 0.3) is 0 Å². The molecule has 1 saturated heterocycles. The Morgan fingerprint density at radius 2 is 1.69 bits per heavy atom.